The normalized spacial score (nSPS) is 28.7. The van der Waals surface area contributed by atoms with Gasteiger partial charge in [0.05, 0.1) is 5.92 Å². The molecule has 0 aromatic heterocycles. The Kier molecular flexibility index (Phi) is 4.39. The number of amides is 3. The highest BCUT2D eigenvalue weighted by molar-refractivity contribution is 5.91. The quantitative estimate of drug-likeness (QED) is 0.693. The molecule has 1 saturated heterocycles. The van der Waals surface area contributed by atoms with Gasteiger partial charge in [-0.05, 0) is 39.5 Å². The summed E-state index contributed by atoms with van der Waals surface area (Å²) in [7, 11) is 0. The van der Waals surface area contributed by atoms with Crippen molar-refractivity contribution in [2.24, 2.45) is 5.92 Å². The van der Waals surface area contributed by atoms with E-state index in [1.807, 2.05) is 0 Å². The molecule has 2 rings (SSSR count). The summed E-state index contributed by atoms with van der Waals surface area (Å²) in [6, 6.07) is -0.248. The zero-order valence-corrected chi connectivity index (χ0v) is 12.5. The second-order valence-electron chi connectivity index (χ2n) is 6.30. The number of nitrogens with zero attached hydrogens (tertiary/aromatic N) is 1. The molecule has 2 fully saturated rings. The van der Waals surface area contributed by atoms with Gasteiger partial charge in [-0.1, -0.05) is 0 Å². The van der Waals surface area contributed by atoms with Gasteiger partial charge < -0.3 is 20.6 Å². The highest BCUT2D eigenvalue weighted by Gasteiger charge is 2.41. The first-order valence-electron chi connectivity index (χ1n) is 7.41. The Morgan fingerprint density at radius 2 is 1.90 bits per heavy atom. The van der Waals surface area contributed by atoms with Crippen molar-refractivity contribution in [3.63, 3.8) is 0 Å². The molecule has 0 spiro atoms. The van der Waals surface area contributed by atoms with Gasteiger partial charge in [0.15, 0.2) is 0 Å². The highest BCUT2D eigenvalue weighted by atomic mass is 16.4. The average molecular weight is 297 g/mol. The van der Waals surface area contributed by atoms with E-state index in [1.165, 1.54) is 0 Å². The first kappa shape index (κ1) is 15.6. The first-order chi connectivity index (χ1) is 9.82. The van der Waals surface area contributed by atoms with Gasteiger partial charge in [-0.25, -0.2) is 4.79 Å². The maximum atomic E-state index is 12.4. The summed E-state index contributed by atoms with van der Waals surface area (Å²) < 4.78 is 0. The first-order valence-corrected chi connectivity index (χ1v) is 7.41. The lowest BCUT2D eigenvalue weighted by Crippen LogP contribution is -2.65. The predicted molar refractivity (Wildman–Crippen MR) is 75.7 cm³/mol. The number of rotatable bonds is 2. The summed E-state index contributed by atoms with van der Waals surface area (Å²) in [5.74, 6) is -1.21. The molecule has 1 aliphatic heterocycles. The Morgan fingerprint density at radius 1 is 1.29 bits per heavy atom. The minimum atomic E-state index is -0.861. The minimum absolute atomic E-state index is 0.00566. The summed E-state index contributed by atoms with van der Waals surface area (Å²) in [5, 5.41) is 14.7. The third-order valence-corrected chi connectivity index (χ3v) is 4.50. The van der Waals surface area contributed by atoms with E-state index >= 15 is 0 Å². The van der Waals surface area contributed by atoms with Crippen molar-refractivity contribution in [3.05, 3.63) is 0 Å². The molecule has 0 aromatic rings. The number of carbonyl (C=O) groups is 3. The lowest BCUT2D eigenvalue weighted by molar-refractivity contribution is -0.143. The van der Waals surface area contributed by atoms with Gasteiger partial charge in [0.2, 0.25) is 5.91 Å². The van der Waals surface area contributed by atoms with E-state index in [4.69, 9.17) is 5.11 Å². The van der Waals surface area contributed by atoms with Gasteiger partial charge in [-0.3, -0.25) is 9.59 Å². The zero-order valence-electron chi connectivity index (χ0n) is 12.5. The van der Waals surface area contributed by atoms with Crippen molar-refractivity contribution in [2.45, 2.75) is 51.1 Å². The number of carbonyl (C=O) groups excluding carboxylic acids is 2. The Hall–Kier alpha value is -1.79. The molecule has 0 bridgehead atoms. The molecular weight excluding hydrogens is 274 g/mol. The van der Waals surface area contributed by atoms with E-state index in [0.29, 0.717) is 38.8 Å². The number of hydrogen-bond donors (Lipinski definition) is 3. The highest BCUT2D eigenvalue weighted by Crippen LogP contribution is 2.25. The summed E-state index contributed by atoms with van der Waals surface area (Å²) in [6.07, 6.45) is 2.51. The smallest absolute Gasteiger partial charge is 0.318 e. The van der Waals surface area contributed by atoms with Gasteiger partial charge in [-0.15, -0.1) is 0 Å². The fourth-order valence-electron chi connectivity index (χ4n) is 2.99. The summed E-state index contributed by atoms with van der Waals surface area (Å²) >= 11 is 0. The van der Waals surface area contributed by atoms with Crippen LogP contribution in [-0.4, -0.2) is 52.6 Å². The second kappa shape index (κ2) is 5.91. The second-order valence-corrected chi connectivity index (χ2v) is 6.30. The Morgan fingerprint density at radius 3 is 2.48 bits per heavy atom. The third kappa shape index (κ3) is 3.28. The number of nitrogens with one attached hydrogen (secondary N) is 2. The number of piperazine rings is 1. The van der Waals surface area contributed by atoms with Crippen LogP contribution in [0, 0.1) is 5.92 Å². The number of hydrogen-bond acceptors (Lipinski definition) is 3. The van der Waals surface area contributed by atoms with Crippen LogP contribution in [0.25, 0.3) is 0 Å². The molecule has 1 heterocycles. The van der Waals surface area contributed by atoms with E-state index < -0.39 is 11.5 Å². The maximum Gasteiger partial charge on any atom is 0.318 e. The van der Waals surface area contributed by atoms with Crippen LogP contribution in [0.15, 0.2) is 0 Å². The number of urea groups is 1. The predicted octanol–water partition coefficient (Wildman–Crippen LogP) is 0.550. The third-order valence-electron chi connectivity index (χ3n) is 4.50. The number of carboxylic acids is 1. The van der Waals surface area contributed by atoms with Crippen molar-refractivity contribution >= 4 is 17.9 Å². The molecule has 7 heteroatoms. The zero-order chi connectivity index (χ0) is 15.6. The van der Waals surface area contributed by atoms with Crippen LogP contribution in [0.2, 0.25) is 0 Å². The lowest BCUT2D eigenvalue weighted by Gasteiger charge is -2.42. The summed E-state index contributed by atoms with van der Waals surface area (Å²) in [6.45, 7) is 4.39. The van der Waals surface area contributed by atoms with Crippen LogP contribution >= 0.6 is 0 Å². The molecular formula is C14H23N3O4. The molecule has 3 amide bonds. The van der Waals surface area contributed by atoms with E-state index in [9.17, 15) is 14.4 Å². The lowest BCUT2D eigenvalue weighted by atomic mass is 9.86. The molecule has 118 valence electrons. The van der Waals surface area contributed by atoms with Crippen LogP contribution in [0.3, 0.4) is 0 Å². The van der Waals surface area contributed by atoms with E-state index in [2.05, 4.69) is 10.6 Å². The van der Waals surface area contributed by atoms with Crippen molar-refractivity contribution in [1.82, 2.24) is 15.5 Å². The standard InChI is InChI=1S/C14H23N3O4/c1-14(2)12(20)15-7-8-17(14)13(21)16-10-5-3-9(4-6-10)11(18)19/h9-10H,3-8H2,1-2H3,(H,15,20)(H,16,21)(H,18,19). The van der Waals surface area contributed by atoms with Crippen LogP contribution in [-0.2, 0) is 9.59 Å². The van der Waals surface area contributed by atoms with Crippen molar-refractivity contribution in [2.75, 3.05) is 13.1 Å². The summed E-state index contributed by atoms with van der Waals surface area (Å²) in [5.41, 5.74) is -0.861. The van der Waals surface area contributed by atoms with Gasteiger partial charge in [0.25, 0.3) is 0 Å². The molecule has 2 aliphatic rings. The van der Waals surface area contributed by atoms with Crippen LogP contribution in [0.1, 0.15) is 39.5 Å². The molecule has 1 aliphatic carbocycles. The Bertz CT molecular complexity index is 442. The topological polar surface area (TPSA) is 98.7 Å². The fourth-order valence-corrected chi connectivity index (χ4v) is 2.99. The van der Waals surface area contributed by atoms with Gasteiger partial charge >= 0.3 is 12.0 Å². The van der Waals surface area contributed by atoms with E-state index in [-0.39, 0.29) is 23.9 Å². The van der Waals surface area contributed by atoms with Gasteiger partial charge in [0.1, 0.15) is 5.54 Å². The van der Waals surface area contributed by atoms with Crippen molar-refractivity contribution in [3.8, 4) is 0 Å². The summed E-state index contributed by atoms with van der Waals surface area (Å²) in [4.78, 5) is 36.7. The van der Waals surface area contributed by atoms with Crippen LogP contribution in [0.4, 0.5) is 4.79 Å². The molecule has 0 radical (unpaired) electrons. The minimum Gasteiger partial charge on any atom is -0.481 e. The molecule has 0 atom stereocenters. The van der Waals surface area contributed by atoms with E-state index in [0.717, 1.165) is 0 Å². The molecule has 0 unspecified atom stereocenters. The largest absolute Gasteiger partial charge is 0.481 e. The molecule has 3 N–H and O–H groups in total. The number of aliphatic carboxylic acids is 1. The Labute approximate surface area is 124 Å². The van der Waals surface area contributed by atoms with Crippen LogP contribution in [0.5, 0.6) is 0 Å². The molecule has 0 aromatic carbocycles. The van der Waals surface area contributed by atoms with Crippen molar-refractivity contribution in [1.29, 1.82) is 0 Å². The maximum absolute atomic E-state index is 12.4. The number of carboxylic acid groups (broad SMARTS) is 1. The molecule has 7 nitrogen and oxygen atoms in total. The van der Waals surface area contributed by atoms with E-state index in [1.54, 1.807) is 18.7 Å². The monoisotopic (exact) mass is 297 g/mol. The molecule has 21 heavy (non-hydrogen) atoms. The van der Waals surface area contributed by atoms with Crippen molar-refractivity contribution < 1.29 is 19.5 Å². The van der Waals surface area contributed by atoms with Gasteiger partial charge in [0, 0.05) is 19.1 Å². The SMILES string of the molecule is CC1(C)C(=O)NCCN1C(=O)NC1CCC(C(=O)O)CC1. The molecule has 1 saturated carbocycles. The average Bonchev–Trinajstić information content (AvgIpc) is 2.42. The van der Waals surface area contributed by atoms with Crippen LogP contribution < -0.4 is 10.6 Å². The van der Waals surface area contributed by atoms with Gasteiger partial charge in [-0.2, -0.15) is 0 Å². The Balaban J connectivity index is 1.90. The fraction of sp³-hybridized carbons (Fsp3) is 0.786.